The molecule has 1 heterocycles. The standard InChI is InChI=1S/C18H21ClN4O4/c1-18(2,3)27-16(26)13(15(24)25)14(20)10-6-4-9(5-7-10)11-8-12(19)23-17(21)22-11/h4-8,13-14H,20H2,1-3H3,(H,24,25)(H2,21,22,23). The Bertz CT molecular complexity index is 829. The van der Waals surface area contributed by atoms with E-state index in [0.29, 0.717) is 16.8 Å². The van der Waals surface area contributed by atoms with E-state index in [1.54, 1.807) is 51.1 Å². The summed E-state index contributed by atoms with van der Waals surface area (Å²) in [6.45, 7) is 4.97. The number of anilines is 1. The van der Waals surface area contributed by atoms with E-state index in [4.69, 9.17) is 27.8 Å². The highest BCUT2D eigenvalue weighted by molar-refractivity contribution is 6.29. The number of nitrogens with two attached hydrogens (primary N) is 2. The number of carbonyl (C=O) groups excluding carboxylic acids is 1. The number of halogens is 1. The van der Waals surface area contributed by atoms with Crippen LogP contribution in [-0.2, 0) is 14.3 Å². The van der Waals surface area contributed by atoms with Gasteiger partial charge in [0.1, 0.15) is 10.8 Å². The van der Waals surface area contributed by atoms with Gasteiger partial charge in [-0.15, -0.1) is 0 Å². The molecule has 144 valence electrons. The van der Waals surface area contributed by atoms with Crippen LogP contribution in [0.4, 0.5) is 5.95 Å². The Balaban J connectivity index is 2.28. The van der Waals surface area contributed by atoms with E-state index >= 15 is 0 Å². The second-order valence-corrected chi connectivity index (χ2v) is 7.32. The van der Waals surface area contributed by atoms with Crippen molar-refractivity contribution < 1.29 is 19.4 Å². The number of nitrogens with zero attached hydrogens (tertiary/aromatic N) is 2. The molecule has 0 spiro atoms. The molecule has 0 aliphatic carbocycles. The number of carbonyl (C=O) groups is 2. The topological polar surface area (TPSA) is 141 Å². The van der Waals surface area contributed by atoms with E-state index in [9.17, 15) is 14.7 Å². The van der Waals surface area contributed by atoms with Crippen LogP contribution in [-0.4, -0.2) is 32.6 Å². The second-order valence-electron chi connectivity index (χ2n) is 6.93. The van der Waals surface area contributed by atoms with Crippen LogP contribution in [0.3, 0.4) is 0 Å². The molecule has 0 radical (unpaired) electrons. The van der Waals surface area contributed by atoms with Crippen molar-refractivity contribution in [3.05, 3.63) is 41.0 Å². The lowest BCUT2D eigenvalue weighted by Gasteiger charge is -2.25. The van der Waals surface area contributed by atoms with Gasteiger partial charge >= 0.3 is 11.9 Å². The number of carboxylic acid groups (broad SMARTS) is 1. The number of benzene rings is 1. The quantitative estimate of drug-likeness (QED) is 0.400. The van der Waals surface area contributed by atoms with Crippen LogP contribution in [0.25, 0.3) is 11.3 Å². The Morgan fingerprint density at radius 1 is 1.19 bits per heavy atom. The fourth-order valence-corrected chi connectivity index (χ4v) is 2.61. The SMILES string of the molecule is CC(C)(C)OC(=O)C(C(=O)O)C(N)c1ccc(-c2cc(Cl)nc(N)n2)cc1. The molecular weight excluding hydrogens is 372 g/mol. The number of aromatic nitrogens is 2. The first-order valence-corrected chi connectivity index (χ1v) is 8.47. The van der Waals surface area contributed by atoms with Gasteiger partial charge in [-0.2, -0.15) is 0 Å². The molecule has 2 aromatic rings. The van der Waals surface area contributed by atoms with Crippen molar-refractivity contribution in [1.82, 2.24) is 9.97 Å². The molecule has 8 nitrogen and oxygen atoms in total. The Labute approximate surface area is 161 Å². The molecule has 0 fully saturated rings. The Morgan fingerprint density at radius 3 is 2.26 bits per heavy atom. The maximum absolute atomic E-state index is 12.2. The first kappa shape index (κ1) is 20.6. The predicted molar refractivity (Wildman–Crippen MR) is 101 cm³/mol. The first-order chi connectivity index (χ1) is 12.5. The minimum Gasteiger partial charge on any atom is -0.481 e. The van der Waals surface area contributed by atoms with Gasteiger partial charge < -0.3 is 21.3 Å². The van der Waals surface area contributed by atoms with Gasteiger partial charge in [0.05, 0.1) is 11.7 Å². The van der Waals surface area contributed by atoms with Crippen molar-refractivity contribution in [2.75, 3.05) is 5.73 Å². The van der Waals surface area contributed by atoms with Crippen molar-refractivity contribution in [3.8, 4) is 11.3 Å². The van der Waals surface area contributed by atoms with Gasteiger partial charge in [0, 0.05) is 11.6 Å². The van der Waals surface area contributed by atoms with Crippen molar-refractivity contribution in [3.63, 3.8) is 0 Å². The molecule has 0 amide bonds. The van der Waals surface area contributed by atoms with Crippen molar-refractivity contribution >= 4 is 29.5 Å². The Morgan fingerprint density at radius 2 is 1.78 bits per heavy atom. The number of rotatable bonds is 5. The fourth-order valence-electron chi connectivity index (χ4n) is 2.42. The van der Waals surface area contributed by atoms with Crippen LogP contribution in [0.5, 0.6) is 0 Å². The molecule has 1 aromatic heterocycles. The number of ether oxygens (including phenoxy) is 1. The van der Waals surface area contributed by atoms with Gasteiger partial charge in [-0.25, -0.2) is 9.97 Å². The molecule has 27 heavy (non-hydrogen) atoms. The number of hydrogen-bond donors (Lipinski definition) is 3. The van der Waals surface area contributed by atoms with E-state index in [2.05, 4.69) is 9.97 Å². The number of nitrogen functional groups attached to an aromatic ring is 1. The monoisotopic (exact) mass is 392 g/mol. The number of hydrogen-bond acceptors (Lipinski definition) is 7. The molecule has 2 unspecified atom stereocenters. The summed E-state index contributed by atoms with van der Waals surface area (Å²) in [4.78, 5) is 31.7. The van der Waals surface area contributed by atoms with Gasteiger partial charge in [0.15, 0.2) is 5.92 Å². The molecule has 0 aliphatic rings. The highest BCUT2D eigenvalue weighted by Gasteiger charge is 2.37. The molecular formula is C18H21ClN4O4. The minimum absolute atomic E-state index is 0.0362. The van der Waals surface area contributed by atoms with E-state index in [1.807, 2.05) is 0 Å². The van der Waals surface area contributed by atoms with Crippen molar-refractivity contribution in [2.45, 2.75) is 32.4 Å². The zero-order valence-corrected chi connectivity index (χ0v) is 15.9. The van der Waals surface area contributed by atoms with Gasteiger partial charge in [-0.3, -0.25) is 9.59 Å². The highest BCUT2D eigenvalue weighted by atomic mass is 35.5. The Kier molecular flexibility index (Phi) is 6.02. The van der Waals surface area contributed by atoms with Crippen LogP contribution in [0.15, 0.2) is 30.3 Å². The van der Waals surface area contributed by atoms with Crippen molar-refractivity contribution in [2.24, 2.45) is 11.7 Å². The maximum atomic E-state index is 12.2. The minimum atomic E-state index is -1.53. The van der Waals surface area contributed by atoms with Gasteiger partial charge in [-0.05, 0) is 26.3 Å². The van der Waals surface area contributed by atoms with E-state index < -0.39 is 29.5 Å². The summed E-state index contributed by atoms with van der Waals surface area (Å²) in [5, 5.41) is 9.64. The molecule has 9 heteroatoms. The molecule has 0 bridgehead atoms. The number of aliphatic carboxylic acids is 1. The summed E-state index contributed by atoms with van der Waals surface area (Å²) in [6, 6.07) is 7.07. The van der Waals surface area contributed by atoms with Crippen molar-refractivity contribution in [1.29, 1.82) is 0 Å². The number of esters is 1. The average molecular weight is 393 g/mol. The van der Waals surface area contributed by atoms with Gasteiger partial charge in [0.2, 0.25) is 5.95 Å². The summed E-state index contributed by atoms with van der Waals surface area (Å²) < 4.78 is 5.18. The first-order valence-electron chi connectivity index (χ1n) is 8.09. The smallest absolute Gasteiger partial charge is 0.322 e. The van der Waals surface area contributed by atoms with Crippen LogP contribution < -0.4 is 11.5 Å². The van der Waals surface area contributed by atoms with Crippen LogP contribution in [0.2, 0.25) is 5.15 Å². The summed E-state index contributed by atoms with van der Waals surface area (Å²) in [5.41, 5.74) is 12.5. The molecule has 0 aliphatic heterocycles. The zero-order valence-electron chi connectivity index (χ0n) is 15.1. The lowest BCUT2D eigenvalue weighted by atomic mass is 9.92. The summed E-state index contributed by atoms with van der Waals surface area (Å²) in [5.74, 6) is -3.73. The summed E-state index contributed by atoms with van der Waals surface area (Å²) in [7, 11) is 0. The largest absolute Gasteiger partial charge is 0.481 e. The lowest BCUT2D eigenvalue weighted by Crippen LogP contribution is -2.39. The fraction of sp³-hybridized carbons (Fsp3) is 0.333. The van der Waals surface area contributed by atoms with Gasteiger partial charge in [-0.1, -0.05) is 35.9 Å². The lowest BCUT2D eigenvalue weighted by molar-refractivity contribution is -0.167. The molecule has 2 atom stereocenters. The molecule has 1 aromatic carbocycles. The van der Waals surface area contributed by atoms with E-state index in [-0.39, 0.29) is 11.1 Å². The second kappa shape index (κ2) is 7.89. The third-order valence-corrected chi connectivity index (χ3v) is 3.78. The third kappa shape index (κ3) is 5.38. The normalized spacial score (nSPS) is 13.7. The molecule has 0 saturated heterocycles. The summed E-state index contributed by atoms with van der Waals surface area (Å²) >= 11 is 5.88. The maximum Gasteiger partial charge on any atom is 0.322 e. The van der Waals surface area contributed by atoms with Gasteiger partial charge in [0.25, 0.3) is 0 Å². The van der Waals surface area contributed by atoms with Crippen LogP contribution >= 0.6 is 11.6 Å². The molecule has 0 saturated carbocycles. The predicted octanol–water partition coefficient (Wildman–Crippen LogP) is 2.42. The summed E-state index contributed by atoms with van der Waals surface area (Å²) in [6.07, 6.45) is 0. The molecule has 2 rings (SSSR count). The van der Waals surface area contributed by atoms with Crippen LogP contribution in [0.1, 0.15) is 32.4 Å². The third-order valence-electron chi connectivity index (χ3n) is 3.59. The Hall–Kier alpha value is -2.71. The van der Waals surface area contributed by atoms with Crippen LogP contribution in [0, 0.1) is 5.92 Å². The number of carboxylic acids is 1. The van der Waals surface area contributed by atoms with E-state index in [0.717, 1.165) is 0 Å². The zero-order chi connectivity index (χ0) is 20.4. The highest BCUT2D eigenvalue weighted by Crippen LogP contribution is 2.27. The average Bonchev–Trinajstić information content (AvgIpc) is 2.52. The molecule has 5 N–H and O–H groups in total. The van der Waals surface area contributed by atoms with E-state index in [1.165, 1.54) is 0 Å².